The normalized spacial score (nSPS) is 11.1. The molecule has 4 N–H and O–H groups in total. The zero-order valence-electron chi connectivity index (χ0n) is 17.3. The van der Waals surface area contributed by atoms with E-state index in [4.69, 9.17) is 22.7 Å². The molecule has 0 saturated heterocycles. The number of hydrogen-bond donors (Lipinski definition) is 3. The van der Waals surface area contributed by atoms with Crippen LogP contribution in [0.3, 0.4) is 0 Å². The Bertz CT molecular complexity index is 1310. The highest BCUT2D eigenvalue weighted by Gasteiger charge is 2.36. The predicted molar refractivity (Wildman–Crippen MR) is 117 cm³/mol. The fourth-order valence-electron chi connectivity index (χ4n) is 3.04. The molecule has 3 aromatic rings. The Morgan fingerprint density at radius 1 is 1.18 bits per heavy atom. The fraction of sp³-hybridized carbons (Fsp3) is 0.0909. The van der Waals surface area contributed by atoms with E-state index < -0.39 is 45.7 Å². The molecule has 0 unspecified atom stereocenters. The van der Waals surface area contributed by atoms with Crippen molar-refractivity contribution in [2.45, 2.75) is 6.18 Å². The van der Waals surface area contributed by atoms with Gasteiger partial charge in [-0.15, -0.1) is 0 Å². The summed E-state index contributed by atoms with van der Waals surface area (Å²) in [7, 11) is 1.12. The van der Waals surface area contributed by atoms with Crippen LogP contribution in [0.25, 0.3) is 0 Å². The molecule has 7 nitrogen and oxygen atoms in total. The van der Waals surface area contributed by atoms with E-state index in [0.717, 1.165) is 43.6 Å². The number of esters is 1. The van der Waals surface area contributed by atoms with Gasteiger partial charge in [0.1, 0.15) is 11.5 Å². The first-order valence-corrected chi connectivity index (χ1v) is 9.71. The number of hydrogen-bond acceptors (Lipinski definition) is 6. The van der Waals surface area contributed by atoms with Crippen molar-refractivity contribution in [2.75, 3.05) is 18.2 Å². The van der Waals surface area contributed by atoms with Gasteiger partial charge in [-0.2, -0.15) is 13.2 Å². The largest absolute Gasteiger partial charge is 0.465 e. The van der Waals surface area contributed by atoms with E-state index in [9.17, 15) is 27.2 Å². The van der Waals surface area contributed by atoms with E-state index in [0.29, 0.717) is 6.07 Å². The van der Waals surface area contributed by atoms with Gasteiger partial charge in [0.2, 0.25) is 0 Å². The Hall–Kier alpha value is -3.99. The second-order valence-corrected chi connectivity index (χ2v) is 7.25. The lowest BCUT2D eigenvalue weighted by Crippen LogP contribution is -2.21. The van der Waals surface area contributed by atoms with Crippen molar-refractivity contribution < 1.29 is 31.9 Å². The van der Waals surface area contributed by atoms with E-state index >= 15 is 0 Å². The van der Waals surface area contributed by atoms with Crippen LogP contribution in [0.4, 0.5) is 28.9 Å². The molecule has 0 spiro atoms. The van der Waals surface area contributed by atoms with Crippen LogP contribution in [0.1, 0.15) is 37.5 Å². The maximum atomic E-state index is 14.6. The van der Waals surface area contributed by atoms with Gasteiger partial charge in [-0.25, -0.2) is 9.18 Å². The van der Waals surface area contributed by atoms with Crippen molar-refractivity contribution in [1.82, 2.24) is 4.98 Å². The average molecular weight is 495 g/mol. The maximum Gasteiger partial charge on any atom is 0.417 e. The van der Waals surface area contributed by atoms with E-state index in [1.165, 1.54) is 6.07 Å². The number of amides is 1. The summed E-state index contributed by atoms with van der Waals surface area (Å²) in [5.41, 5.74) is 2.14. The van der Waals surface area contributed by atoms with Gasteiger partial charge >= 0.3 is 12.1 Å². The van der Waals surface area contributed by atoms with Crippen LogP contribution in [0, 0.1) is 11.2 Å². The number of nitrogens with two attached hydrogens (primary N) is 1. The zero-order valence-corrected chi connectivity index (χ0v) is 18.0. The molecule has 0 fully saturated rings. The topological polar surface area (TPSA) is 118 Å². The molecule has 34 heavy (non-hydrogen) atoms. The van der Waals surface area contributed by atoms with Gasteiger partial charge in [-0.3, -0.25) is 15.2 Å². The molecule has 0 bridgehead atoms. The Morgan fingerprint density at radius 3 is 2.50 bits per heavy atom. The van der Waals surface area contributed by atoms with Gasteiger partial charge in [0.15, 0.2) is 0 Å². The number of ether oxygens (including phenoxy) is 1. The number of carbonyl (C=O) groups excluding carboxylic acids is 2. The zero-order chi connectivity index (χ0) is 25.2. The SMILES string of the molecule is COC(=O)c1ccc(C(=N)c2ncc(N)cc2NC(=O)c2c(Cl)cccc2C(F)(F)F)c(F)c1. The first kappa shape index (κ1) is 24.6. The summed E-state index contributed by atoms with van der Waals surface area (Å²) in [6.07, 6.45) is -3.75. The number of carbonyl (C=O) groups is 2. The Balaban J connectivity index is 2.03. The second-order valence-electron chi connectivity index (χ2n) is 6.84. The lowest BCUT2D eigenvalue weighted by atomic mass is 10.0. The Labute approximate surface area is 195 Å². The molecule has 0 radical (unpaired) electrons. The number of aromatic nitrogens is 1. The summed E-state index contributed by atoms with van der Waals surface area (Å²) in [5.74, 6) is -2.99. The van der Waals surface area contributed by atoms with Crippen LogP contribution in [-0.4, -0.2) is 29.7 Å². The van der Waals surface area contributed by atoms with Crippen LogP contribution in [0.5, 0.6) is 0 Å². The van der Waals surface area contributed by atoms with Crippen LogP contribution in [0.15, 0.2) is 48.7 Å². The molecule has 12 heteroatoms. The fourth-order valence-corrected chi connectivity index (χ4v) is 3.30. The van der Waals surface area contributed by atoms with Crippen molar-refractivity contribution in [3.63, 3.8) is 0 Å². The molecule has 0 atom stereocenters. The number of nitrogens with one attached hydrogen (secondary N) is 2. The van der Waals surface area contributed by atoms with Gasteiger partial charge in [-0.05, 0) is 36.4 Å². The third-order valence-corrected chi connectivity index (χ3v) is 4.91. The van der Waals surface area contributed by atoms with Gasteiger partial charge in [0.25, 0.3) is 5.91 Å². The van der Waals surface area contributed by atoms with Crippen LogP contribution in [0.2, 0.25) is 5.02 Å². The van der Waals surface area contributed by atoms with Gasteiger partial charge in [0, 0.05) is 5.56 Å². The predicted octanol–water partition coefficient (Wildman–Crippen LogP) is 4.93. The van der Waals surface area contributed by atoms with E-state index in [2.05, 4.69) is 15.0 Å². The number of pyridine rings is 1. The van der Waals surface area contributed by atoms with Gasteiger partial charge in [0.05, 0.1) is 52.1 Å². The first-order chi connectivity index (χ1) is 15.9. The van der Waals surface area contributed by atoms with Crippen LogP contribution in [-0.2, 0) is 10.9 Å². The number of nitrogens with zero attached hydrogens (tertiary/aromatic N) is 1. The number of rotatable bonds is 5. The molecule has 2 aromatic carbocycles. The van der Waals surface area contributed by atoms with Crippen molar-refractivity contribution in [2.24, 2.45) is 0 Å². The molecule has 0 aliphatic carbocycles. The third-order valence-electron chi connectivity index (χ3n) is 4.60. The maximum absolute atomic E-state index is 14.6. The highest BCUT2D eigenvalue weighted by atomic mass is 35.5. The minimum atomic E-state index is -4.87. The first-order valence-electron chi connectivity index (χ1n) is 9.33. The summed E-state index contributed by atoms with van der Waals surface area (Å²) in [5, 5.41) is 10.1. The summed E-state index contributed by atoms with van der Waals surface area (Å²) in [6.45, 7) is 0. The monoisotopic (exact) mass is 494 g/mol. The van der Waals surface area contributed by atoms with Crippen LogP contribution >= 0.6 is 11.6 Å². The smallest absolute Gasteiger partial charge is 0.417 e. The van der Waals surface area contributed by atoms with Gasteiger partial charge in [-0.1, -0.05) is 17.7 Å². The molecule has 0 aliphatic heterocycles. The van der Waals surface area contributed by atoms with Crippen molar-refractivity contribution in [1.29, 1.82) is 5.41 Å². The summed E-state index contributed by atoms with van der Waals surface area (Å²) < 4.78 is 59.3. The van der Waals surface area contributed by atoms with Crippen molar-refractivity contribution in [3.8, 4) is 0 Å². The second kappa shape index (κ2) is 9.48. The summed E-state index contributed by atoms with van der Waals surface area (Å²) in [4.78, 5) is 28.3. The average Bonchev–Trinajstić information content (AvgIpc) is 2.77. The number of halogens is 5. The minimum absolute atomic E-state index is 0.0172. The third kappa shape index (κ3) is 4.99. The van der Waals surface area contributed by atoms with E-state index in [1.807, 2.05) is 0 Å². The van der Waals surface area contributed by atoms with Gasteiger partial charge < -0.3 is 15.8 Å². The number of methoxy groups -OCH3 is 1. The number of nitrogen functional groups attached to an aromatic ring is 1. The lowest BCUT2D eigenvalue weighted by Gasteiger charge is -2.16. The number of benzene rings is 2. The standard InChI is InChI=1S/C22H15ClF4N4O3/c1-34-21(33)10-5-6-12(15(24)7-10)18(29)19-16(8-11(28)9-30-19)31-20(32)17-13(22(25,26)27)3-2-4-14(17)23/h2-9,29H,28H2,1H3,(H,31,32). The Morgan fingerprint density at radius 2 is 1.88 bits per heavy atom. The van der Waals surface area contributed by atoms with E-state index in [1.54, 1.807) is 0 Å². The van der Waals surface area contributed by atoms with E-state index in [-0.39, 0.29) is 28.2 Å². The molecule has 1 heterocycles. The molecule has 0 saturated carbocycles. The van der Waals surface area contributed by atoms with Crippen molar-refractivity contribution >= 4 is 40.6 Å². The summed E-state index contributed by atoms with van der Waals surface area (Å²) in [6, 6.07) is 7.21. The molecule has 3 rings (SSSR count). The molecule has 1 amide bonds. The molecular formula is C22H15ClF4N4O3. The molecule has 176 valence electrons. The van der Waals surface area contributed by atoms with Crippen LogP contribution < -0.4 is 11.1 Å². The Kier molecular flexibility index (Phi) is 6.87. The van der Waals surface area contributed by atoms with Crippen molar-refractivity contribution in [3.05, 3.63) is 87.4 Å². The lowest BCUT2D eigenvalue weighted by molar-refractivity contribution is -0.137. The summed E-state index contributed by atoms with van der Waals surface area (Å²) >= 11 is 5.87. The number of alkyl halides is 3. The quantitative estimate of drug-likeness (QED) is 0.264. The highest BCUT2D eigenvalue weighted by molar-refractivity contribution is 6.34. The molecule has 0 aliphatic rings. The number of anilines is 2. The minimum Gasteiger partial charge on any atom is -0.465 e. The molecule has 1 aromatic heterocycles. The molecular weight excluding hydrogens is 480 g/mol. The highest BCUT2D eigenvalue weighted by Crippen LogP contribution is 2.35.